The van der Waals surface area contributed by atoms with E-state index in [0.29, 0.717) is 4.99 Å². The number of nitro benzene ring substituents is 1. The lowest BCUT2D eigenvalue weighted by atomic mass is 10.0. The molecule has 108 valence electrons. The summed E-state index contributed by atoms with van der Waals surface area (Å²) in [6.07, 6.45) is 1.03. The third-order valence-corrected chi connectivity index (χ3v) is 3.65. The molecule has 1 aliphatic heterocycles. The van der Waals surface area contributed by atoms with Gasteiger partial charge in [-0.25, -0.2) is 0 Å². The van der Waals surface area contributed by atoms with Crippen LogP contribution in [0.4, 0.5) is 5.69 Å². The van der Waals surface area contributed by atoms with Gasteiger partial charge in [-0.2, -0.15) is 0 Å². The van der Waals surface area contributed by atoms with E-state index in [-0.39, 0.29) is 11.7 Å². The average Bonchev–Trinajstić information content (AvgIpc) is 2.68. The first-order valence-corrected chi connectivity index (χ1v) is 6.99. The van der Waals surface area contributed by atoms with Crippen LogP contribution in [0.5, 0.6) is 0 Å². The van der Waals surface area contributed by atoms with Crippen molar-refractivity contribution in [3.63, 3.8) is 0 Å². The van der Waals surface area contributed by atoms with E-state index in [4.69, 9.17) is 18.0 Å². The summed E-state index contributed by atoms with van der Waals surface area (Å²) in [6.45, 7) is 3.65. The number of benzene rings is 1. The Kier molecular flexibility index (Phi) is 4.99. The first-order chi connectivity index (χ1) is 9.59. The molecule has 20 heavy (non-hydrogen) atoms. The van der Waals surface area contributed by atoms with E-state index in [1.165, 1.54) is 12.1 Å². The summed E-state index contributed by atoms with van der Waals surface area (Å²) in [4.78, 5) is 12.9. The van der Waals surface area contributed by atoms with E-state index in [1.807, 2.05) is 0 Å². The largest absolute Gasteiger partial charge is 0.392 e. The summed E-state index contributed by atoms with van der Waals surface area (Å²) < 4.78 is 0. The zero-order chi connectivity index (χ0) is 14.5. The van der Waals surface area contributed by atoms with Gasteiger partial charge in [0.05, 0.1) is 16.0 Å². The molecule has 2 rings (SSSR count). The average molecular weight is 294 g/mol. The van der Waals surface area contributed by atoms with Crippen molar-refractivity contribution in [2.24, 2.45) is 5.73 Å². The standard InChI is InChI=1S/C13H18N4O2S/c14-13(20)12(16-8-1-6-15-7-9-16)10-2-4-11(5-3-10)17(18)19/h2-5,12,15H,1,6-9H2,(H2,14,20). The lowest BCUT2D eigenvalue weighted by molar-refractivity contribution is -0.384. The lowest BCUT2D eigenvalue weighted by Crippen LogP contribution is -2.38. The summed E-state index contributed by atoms with van der Waals surface area (Å²) in [5, 5.41) is 14.0. The van der Waals surface area contributed by atoms with Crippen LogP contribution >= 0.6 is 12.2 Å². The van der Waals surface area contributed by atoms with E-state index < -0.39 is 4.92 Å². The molecule has 1 atom stereocenters. The Labute approximate surface area is 123 Å². The van der Waals surface area contributed by atoms with Crippen molar-refractivity contribution in [2.75, 3.05) is 26.2 Å². The minimum absolute atomic E-state index is 0.0768. The van der Waals surface area contributed by atoms with Gasteiger partial charge in [-0.3, -0.25) is 15.0 Å². The Morgan fingerprint density at radius 1 is 1.35 bits per heavy atom. The highest BCUT2D eigenvalue weighted by molar-refractivity contribution is 7.80. The molecule has 7 heteroatoms. The number of nitrogens with zero attached hydrogens (tertiary/aromatic N) is 2. The van der Waals surface area contributed by atoms with Gasteiger partial charge >= 0.3 is 0 Å². The van der Waals surface area contributed by atoms with Crippen molar-refractivity contribution in [3.05, 3.63) is 39.9 Å². The van der Waals surface area contributed by atoms with Crippen molar-refractivity contribution in [3.8, 4) is 0 Å². The number of rotatable bonds is 4. The molecule has 1 saturated heterocycles. The number of thiocarbonyl (C=S) groups is 1. The van der Waals surface area contributed by atoms with Crippen LogP contribution in [0.1, 0.15) is 18.0 Å². The van der Waals surface area contributed by atoms with Crippen molar-refractivity contribution in [1.82, 2.24) is 10.2 Å². The molecule has 1 aromatic rings. The zero-order valence-corrected chi connectivity index (χ0v) is 11.9. The topological polar surface area (TPSA) is 84.4 Å². The molecule has 1 aromatic carbocycles. The van der Waals surface area contributed by atoms with E-state index >= 15 is 0 Å². The third kappa shape index (κ3) is 3.50. The maximum absolute atomic E-state index is 10.7. The van der Waals surface area contributed by atoms with Crippen LogP contribution in [0, 0.1) is 10.1 Å². The predicted molar refractivity (Wildman–Crippen MR) is 81.7 cm³/mol. The Morgan fingerprint density at radius 3 is 2.65 bits per heavy atom. The van der Waals surface area contributed by atoms with E-state index in [1.54, 1.807) is 12.1 Å². The predicted octanol–water partition coefficient (Wildman–Crippen LogP) is 1.22. The van der Waals surface area contributed by atoms with Gasteiger partial charge in [-0.05, 0) is 18.5 Å². The van der Waals surface area contributed by atoms with Crippen molar-refractivity contribution in [2.45, 2.75) is 12.5 Å². The van der Waals surface area contributed by atoms with E-state index in [2.05, 4.69) is 10.2 Å². The number of hydrogen-bond donors (Lipinski definition) is 2. The summed E-state index contributed by atoms with van der Waals surface area (Å²) in [6, 6.07) is 6.30. The normalized spacial score (nSPS) is 18.2. The third-order valence-electron chi connectivity index (χ3n) is 3.43. The van der Waals surface area contributed by atoms with Gasteiger partial charge in [0.1, 0.15) is 0 Å². The molecular formula is C13H18N4O2S. The fraction of sp³-hybridized carbons (Fsp3) is 0.462. The zero-order valence-electron chi connectivity index (χ0n) is 11.1. The van der Waals surface area contributed by atoms with Gasteiger partial charge in [-0.1, -0.05) is 24.4 Å². The van der Waals surface area contributed by atoms with Gasteiger partial charge in [0.25, 0.3) is 5.69 Å². The Morgan fingerprint density at radius 2 is 2.05 bits per heavy atom. The highest BCUT2D eigenvalue weighted by Crippen LogP contribution is 2.24. The maximum atomic E-state index is 10.7. The minimum atomic E-state index is -0.407. The second-order valence-electron chi connectivity index (χ2n) is 4.79. The number of nitrogens with one attached hydrogen (secondary N) is 1. The second-order valence-corrected chi connectivity index (χ2v) is 5.26. The molecular weight excluding hydrogens is 276 g/mol. The first kappa shape index (κ1) is 14.8. The molecule has 1 unspecified atom stereocenters. The van der Waals surface area contributed by atoms with Crippen molar-refractivity contribution in [1.29, 1.82) is 0 Å². The van der Waals surface area contributed by atoms with Crippen molar-refractivity contribution < 1.29 is 4.92 Å². The number of non-ortho nitro benzene ring substituents is 1. The van der Waals surface area contributed by atoms with Crippen LogP contribution < -0.4 is 11.1 Å². The Bertz CT molecular complexity index is 484. The lowest BCUT2D eigenvalue weighted by Gasteiger charge is -2.29. The molecule has 0 radical (unpaired) electrons. The summed E-state index contributed by atoms with van der Waals surface area (Å²) in [5.74, 6) is 0. The van der Waals surface area contributed by atoms with Gasteiger partial charge in [0.15, 0.2) is 0 Å². The van der Waals surface area contributed by atoms with Crippen molar-refractivity contribution >= 4 is 22.9 Å². The number of nitrogens with two attached hydrogens (primary N) is 1. The van der Waals surface area contributed by atoms with Gasteiger partial charge in [0.2, 0.25) is 0 Å². The summed E-state index contributed by atoms with van der Waals surface area (Å²) >= 11 is 5.19. The van der Waals surface area contributed by atoms with Crippen LogP contribution in [-0.4, -0.2) is 41.0 Å². The highest BCUT2D eigenvalue weighted by atomic mass is 32.1. The van der Waals surface area contributed by atoms with E-state index in [9.17, 15) is 10.1 Å². The summed E-state index contributed by atoms with van der Waals surface area (Å²) in [5.41, 5.74) is 6.87. The van der Waals surface area contributed by atoms with Gasteiger partial charge in [-0.15, -0.1) is 0 Å². The molecule has 0 saturated carbocycles. The molecule has 1 aliphatic rings. The molecule has 3 N–H and O–H groups in total. The molecule has 1 heterocycles. The quantitative estimate of drug-likeness (QED) is 0.493. The monoisotopic (exact) mass is 294 g/mol. The Balaban J connectivity index is 2.23. The fourth-order valence-electron chi connectivity index (χ4n) is 2.46. The van der Waals surface area contributed by atoms with Crippen LogP contribution in [0.15, 0.2) is 24.3 Å². The molecule has 1 fully saturated rings. The maximum Gasteiger partial charge on any atom is 0.269 e. The summed E-state index contributed by atoms with van der Waals surface area (Å²) in [7, 11) is 0. The van der Waals surface area contributed by atoms with Gasteiger partial charge in [0, 0.05) is 31.8 Å². The molecule has 0 aromatic heterocycles. The molecule has 6 nitrogen and oxygen atoms in total. The first-order valence-electron chi connectivity index (χ1n) is 6.58. The van der Waals surface area contributed by atoms with Crippen LogP contribution in [-0.2, 0) is 0 Å². The molecule has 0 amide bonds. The molecule has 0 spiro atoms. The number of nitro groups is 1. The minimum Gasteiger partial charge on any atom is -0.392 e. The van der Waals surface area contributed by atoms with Gasteiger partial charge < -0.3 is 11.1 Å². The van der Waals surface area contributed by atoms with E-state index in [0.717, 1.165) is 38.2 Å². The molecule has 0 aliphatic carbocycles. The Hall–Kier alpha value is -1.57. The SMILES string of the molecule is NC(=S)C(c1ccc([N+](=O)[O-])cc1)N1CCCNCC1. The van der Waals surface area contributed by atoms with Crippen LogP contribution in [0.2, 0.25) is 0 Å². The molecule has 0 bridgehead atoms. The fourth-order valence-corrected chi connectivity index (χ4v) is 2.74. The smallest absolute Gasteiger partial charge is 0.269 e. The number of hydrogen-bond acceptors (Lipinski definition) is 5. The van der Waals surface area contributed by atoms with Crippen LogP contribution in [0.3, 0.4) is 0 Å². The highest BCUT2D eigenvalue weighted by Gasteiger charge is 2.24. The van der Waals surface area contributed by atoms with Crippen LogP contribution in [0.25, 0.3) is 0 Å². The second kappa shape index (κ2) is 6.74.